The second-order valence-electron chi connectivity index (χ2n) is 8.38. The summed E-state index contributed by atoms with van der Waals surface area (Å²) in [5, 5.41) is 9.84. The molecule has 2 heterocycles. The van der Waals surface area contributed by atoms with Gasteiger partial charge in [0.1, 0.15) is 6.04 Å². The number of aromatic nitrogens is 1. The summed E-state index contributed by atoms with van der Waals surface area (Å²) in [7, 11) is 0. The fraction of sp³-hybridized carbons (Fsp3) is 0.650. The maximum atomic E-state index is 12.9. The lowest BCUT2D eigenvalue weighted by Gasteiger charge is -2.34. The Balaban J connectivity index is 2.15. The zero-order chi connectivity index (χ0) is 19.5. The number of hydrogen-bond acceptors (Lipinski definition) is 3. The summed E-state index contributed by atoms with van der Waals surface area (Å²) in [6.45, 7) is 11.6. The Morgan fingerprint density at radius 2 is 2.00 bits per heavy atom. The number of aliphatic carboxylic acids is 1. The maximum Gasteiger partial charge on any atom is 0.326 e. The Bertz CT molecular complexity index is 654. The SMILES string of the molecule is CC[C@@H](CC(C)(C)C)[C@@H](C(=O)O)N1CCN(Cc2cccc(C)n2)C1=O. The third-order valence-corrected chi connectivity index (χ3v) is 4.86. The van der Waals surface area contributed by atoms with E-state index in [0.29, 0.717) is 19.6 Å². The molecule has 0 bridgehead atoms. The Morgan fingerprint density at radius 3 is 2.54 bits per heavy atom. The molecule has 2 rings (SSSR count). The molecule has 0 radical (unpaired) electrons. The van der Waals surface area contributed by atoms with Gasteiger partial charge in [-0.05, 0) is 36.8 Å². The second-order valence-corrected chi connectivity index (χ2v) is 8.38. The molecular formula is C20H31N3O3. The quantitative estimate of drug-likeness (QED) is 0.806. The zero-order valence-electron chi connectivity index (χ0n) is 16.5. The van der Waals surface area contributed by atoms with Gasteiger partial charge in [0.2, 0.25) is 0 Å². The van der Waals surface area contributed by atoms with E-state index in [-0.39, 0.29) is 17.4 Å². The average Bonchev–Trinajstić information content (AvgIpc) is 2.86. The van der Waals surface area contributed by atoms with Crippen LogP contribution in [0.1, 0.15) is 51.9 Å². The summed E-state index contributed by atoms with van der Waals surface area (Å²) in [6.07, 6.45) is 1.50. The van der Waals surface area contributed by atoms with Gasteiger partial charge in [-0.1, -0.05) is 40.2 Å². The van der Waals surface area contributed by atoms with E-state index in [4.69, 9.17) is 0 Å². The number of rotatable bonds is 7. The van der Waals surface area contributed by atoms with Crippen LogP contribution in [0, 0.1) is 18.3 Å². The predicted octanol–water partition coefficient (Wildman–Crippen LogP) is 3.54. The van der Waals surface area contributed by atoms with Crippen LogP contribution < -0.4 is 0 Å². The highest BCUT2D eigenvalue weighted by atomic mass is 16.4. The summed E-state index contributed by atoms with van der Waals surface area (Å²) in [5.41, 5.74) is 1.75. The van der Waals surface area contributed by atoms with E-state index in [2.05, 4.69) is 25.8 Å². The van der Waals surface area contributed by atoms with Gasteiger partial charge in [-0.3, -0.25) is 4.98 Å². The lowest BCUT2D eigenvalue weighted by molar-refractivity contribution is -0.144. The number of carbonyl (C=O) groups is 2. The minimum Gasteiger partial charge on any atom is -0.480 e. The first-order valence-corrected chi connectivity index (χ1v) is 9.33. The van der Waals surface area contributed by atoms with Gasteiger partial charge in [-0.2, -0.15) is 0 Å². The molecule has 1 N–H and O–H groups in total. The summed E-state index contributed by atoms with van der Waals surface area (Å²) in [5.74, 6) is -0.974. The van der Waals surface area contributed by atoms with Gasteiger partial charge >= 0.3 is 12.0 Å². The van der Waals surface area contributed by atoms with Gasteiger partial charge in [0, 0.05) is 18.8 Å². The smallest absolute Gasteiger partial charge is 0.326 e. The van der Waals surface area contributed by atoms with E-state index < -0.39 is 12.0 Å². The van der Waals surface area contributed by atoms with Crippen LogP contribution >= 0.6 is 0 Å². The minimum atomic E-state index is -0.912. The number of pyridine rings is 1. The number of nitrogens with zero attached hydrogens (tertiary/aromatic N) is 3. The van der Waals surface area contributed by atoms with Crippen molar-refractivity contribution >= 4 is 12.0 Å². The second kappa shape index (κ2) is 8.06. The molecule has 2 amide bonds. The molecule has 1 aromatic rings. The molecular weight excluding hydrogens is 330 g/mol. The number of amides is 2. The van der Waals surface area contributed by atoms with E-state index in [1.165, 1.54) is 4.90 Å². The third-order valence-electron chi connectivity index (χ3n) is 4.86. The fourth-order valence-corrected chi connectivity index (χ4v) is 3.74. The fourth-order valence-electron chi connectivity index (χ4n) is 3.74. The maximum absolute atomic E-state index is 12.9. The molecule has 1 fully saturated rings. The molecule has 144 valence electrons. The van der Waals surface area contributed by atoms with Gasteiger partial charge < -0.3 is 14.9 Å². The highest BCUT2D eigenvalue weighted by Gasteiger charge is 2.42. The van der Waals surface area contributed by atoms with Gasteiger partial charge in [-0.15, -0.1) is 0 Å². The zero-order valence-corrected chi connectivity index (χ0v) is 16.5. The van der Waals surface area contributed by atoms with E-state index in [1.807, 2.05) is 32.0 Å². The monoisotopic (exact) mass is 361 g/mol. The Kier molecular flexibility index (Phi) is 6.26. The largest absolute Gasteiger partial charge is 0.480 e. The van der Waals surface area contributed by atoms with Gasteiger partial charge in [-0.25, -0.2) is 9.59 Å². The van der Waals surface area contributed by atoms with Crippen LogP contribution in [0.3, 0.4) is 0 Å². The van der Waals surface area contributed by atoms with Crippen LogP contribution in [0.5, 0.6) is 0 Å². The van der Waals surface area contributed by atoms with Crippen LogP contribution in [0.15, 0.2) is 18.2 Å². The van der Waals surface area contributed by atoms with Gasteiger partial charge in [0.15, 0.2) is 0 Å². The Labute approximate surface area is 156 Å². The molecule has 6 heteroatoms. The topological polar surface area (TPSA) is 73.7 Å². The average molecular weight is 361 g/mol. The standard InChI is InChI=1S/C20H31N3O3/c1-6-15(12-20(3,4)5)17(18(24)25)23-11-10-22(19(23)26)13-16-9-7-8-14(2)21-16/h7-9,15,17H,6,10-13H2,1-5H3,(H,24,25)/t15-,17-/m0/s1. The van der Waals surface area contributed by atoms with Crippen molar-refractivity contribution in [3.63, 3.8) is 0 Å². The predicted molar refractivity (Wildman–Crippen MR) is 101 cm³/mol. The number of urea groups is 1. The van der Waals surface area contributed by atoms with Crippen LogP contribution in [0.4, 0.5) is 4.79 Å². The lowest BCUT2D eigenvalue weighted by atomic mass is 9.79. The first-order valence-electron chi connectivity index (χ1n) is 9.33. The van der Waals surface area contributed by atoms with Crippen molar-refractivity contribution in [2.75, 3.05) is 13.1 Å². The summed E-state index contributed by atoms with van der Waals surface area (Å²) in [4.78, 5) is 32.6. The molecule has 0 unspecified atom stereocenters. The highest BCUT2D eigenvalue weighted by Crippen LogP contribution is 2.32. The third kappa shape index (κ3) is 4.96. The van der Waals surface area contributed by atoms with Crippen molar-refractivity contribution in [3.05, 3.63) is 29.6 Å². The number of hydrogen-bond donors (Lipinski definition) is 1. The van der Waals surface area contributed by atoms with Crippen LogP contribution in [0.25, 0.3) is 0 Å². The van der Waals surface area contributed by atoms with Crippen molar-refractivity contribution < 1.29 is 14.7 Å². The number of aryl methyl sites for hydroxylation is 1. The van der Waals surface area contributed by atoms with E-state index in [1.54, 1.807) is 4.90 Å². The number of carboxylic acid groups (broad SMARTS) is 1. The summed E-state index contributed by atoms with van der Waals surface area (Å²) >= 11 is 0. The molecule has 0 spiro atoms. The molecule has 0 aliphatic carbocycles. The molecule has 1 saturated heterocycles. The first kappa shape index (κ1) is 20.2. The molecule has 1 aliphatic heterocycles. The van der Waals surface area contributed by atoms with E-state index >= 15 is 0 Å². The van der Waals surface area contributed by atoms with Gasteiger partial charge in [0.05, 0.1) is 12.2 Å². The van der Waals surface area contributed by atoms with E-state index in [0.717, 1.165) is 24.2 Å². The van der Waals surface area contributed by atoms with Crippen LogP contribution in [-0.4, -0.2) is 51.0 Å². The van der Waals surface area contributed by atoms with Crippen LogP contribution in [0.2, 0.25) is 0 Å². The minimum absolute atomic E-state index is 0.0162. The van der Waals surface area contributed by atoms with Crippen LogP contribution in [-0.2, 0) is 11.3 Å². The molecule has 0 saturated carbocycles. The van der Waals surface area contributed by atoms with Crippen molar-refractivity contribution in [2.45, 2.75) is 60.0 Å². The lowest BCUT2D eigenvalue weighted by Crippen LogP contribution is -2.48. The number of carbonyl (C=O) groups excluding carboxylic acids is 1. The number of carboxylic acids is 1. The molecule has 1 aliphatic rings. The van der Waals surface area contributed by atoms with Gasteiger partial charge in [0.25, 0.3) is 0 Å². The molecule has 1 aromatic heterocycles. The summed E-state index contributed by atoms with van der Waals surface area (Å²) in [6, 6.07) is 4.76. The molecule has 26 heavy (non-hydrogen) atoms. The first-order chi connectivity index (χ1) is 12.1. The molecule has 6 nitrogen and oxygen atoms in total. The normalized spacial score (nSPS) is 17.5. The highest BCUT2D eigenvalue weighted by molar-refractivity contribution is 5.84. The van der Waals surface area contributed by atoms with E-state index in [9.17, 15) is 14.7 Å². The van der Waals surface area contributed by atoms with Crippen molar-refractivity contribution in [3.8, 4) is 0 Å². The molecule has 2 atom stereocenters. The summed E-state index contributed by atoms with van der Waals surface area (Å²) < 4.78 is 0. The van der Waals surface area contributed by atoms with Crippen molar-refractivity contribution in [2.24, 2.45) is 11.3 Å². The Hall–Kier alpha value is -2.11. The van der Waals surface area contributed by atoms with Crippen molar-refractivity contribution in [1.29, 1.82) is 0 Å². The van der Waals surface area contributed by atoms with Crippen molar-refractivity contribution in [1.82, 2.24) is 14.8 Å². The Morgan fingerprint density at radius 1 is 1.31 bits per heavy atom. The molecule has 0 aromatic carbocycles.